The highest BCUT2D eigenvalue weighted by Gasteiger charge is 2.32. The van der Waals surface area contributed by atoms with E-state index in [0.29, 0.717) is 44.9 Å². The number of carbonyl (C=O) groups is 1. The van der Waals surface area contributed by atoms with Gasteiger partial charge in [-0.3, -0.25) is 4.79 Å². The van der Waals surface area contributed by atoms with Crippen LogP contribution in [0.2, 0.25) is 0 Å². The Labute approximate surface area is 162 Å². The quantitative estimate of drug-likeness (QED) is 0.688. The number of carbonyl (C=O) groups excluding carboxylic acids is 1. The molecule has 2 rings (SSSR count). The van der Waals surface area contributed by atoms with Crippen molar-refractivity contribution in [3.63, 3.8) is 0 Å². The van der Waals surface area contributed by atoms with Gasteiger partial charge in [0.1, 0.15) is 5.75 Å². The van der Waals surface area contributed by atoms with Crippen molar-refractivity contribution in [1.29, 1.82) is 0 Å². The van der Waals surface area contributed by atoms with Crippen molar-refractivity contribution < 1.29 is 22.7 Å². The summed E-state index contributed by atoms with van der Waals surface area (Å²) >= 11 is 0. The van der Waals surface area contributed by atoms with E-state index in [9.17, 15) is 13.2 Å². The van der Waals surface area contributed by atoms with E-state index in [2.05, 4.69) is 5.32 Å². The van der Waals surface area contributed by atoms with Crippen molar-refractivity contribution >= 4 is 15.9 Å². The molecule has 1 aromatic rings. The van der Waals surface area contributed by atoms with E-state index in [1.165, 1.54) is 4.31 Å². The van der Waals surface area contributed by atoms with Crippen LogP contribution in [0.15, 0.2) is 29.2 Å². The van der Waals surface area contributed by atoms with Gasteiger partial charge in [-0.1, -0.05) is 0 Å². The summed E-state index contributed by atoms with van der Waals surface area (Å²) in [6.45, 7) is 5.65. The number of hydrogen-bond acceptors (Lipinski definition) is 5. The summed E-state index contributed by atoms with van der Waals surface area (Å²) in [4.78, 5) is 12.6. The molecule has 1 atom stereocenters. The molecule has 152 valence electrons. The van der Waals surface area contributed by atoms with Gasteiger partial charge in [0.05, 0.1) is 11.5 Å². The molecule has 1 heterocycles. The molecule has 0 radical (unpaired) electrons. The lowest BCUT2D eigenvalue weighted by Crippen LogP contribution is -2.44. The standard InChI is InChI=1S/C19H30N2O5S/c1-4-26-17-5-7-18(8-6-17)27(23,24)21-12-9-16(10-13-21)19(22)20-15(2)11-14-25-3/h5-8,15-16H,4,9-14H2,1-3H3,(H,20,22). The molecule has 27 heavy (non-hydrogen) atoms. The number of nitrogens with one attached hydrogen (secondary N) is 1. The van der Waals surface area contributed by atoms with Gasteiger partial charge in [0.15, 0.2) is 0 Å². The molecule has 7 nitrogen and oxygen atoms in total. The van der Waals surface area contributed by atoms with E-state index in [4.69, 9.17) is 9.47 Å². The van der Waals surface area contributed by atoms with Crippen molar-refractivity contribution in [1.82, 2.24) is 9.62 Å². The van der Waals surface area contributed by atoms with E-state index in [1.54, 1.807) is 31.4 Å². The number of ether oxygens (including phenoxy) is 2. The van der Waals surface area contributed by atoms with Crippen LogP contribution in [0, 0.1) is 5.92 Å². The Balaban J connectivity index is 1.91. The average Bonchev–Trinajstić information content (AvgIpc) is 2.67. The molecule has 8 heteroatoms. The summed E-state index contributed by atoms with van der Waals surface area (Å²) in [5.41, 5.74) is 0. The van der Waals surface area contributed by atoms with E-state index < -0.39 is 10.0 Å². The fourth-order valence-corrected chi connectivity index (χ4v) is 4.58. The van der Waals surface area contributed by atoms with Gasteiger partial charge < -0.3 is 14.8 Å². The molecule has 1 aromatic carbocycles. The van der Waals surface area contributed by atoms with E-state index in [-0.39, 0.29) is 22.8 Å². The van der Waals surface area contributed by atoms with Gasteiger partial charge in [-0.15, -0.1) is 0 Å². The maximum Gasteiger partial charge on any atom is 0.243 e. The Hall–Kier alpha value is -1.64. The fraction of sp³-hybridized carbons (Fsp3) is 0.632. The molecule has 0 spiro atoms. The molecule has 1 unspecified atom stereocenters. The third-order valence-electron chi connectivity index (χ3n) is 4.74. The van der Waals surface area contributed by atoms with Crippen molar-refractivity contribution in [2.75, 3.05) is 33.4 Å². The largest absolute Gasteiger partial charge is 0.494 e. The smallest absolute Gasteiger partial charge is 0.243 e. The Morgan fingerprint density at radius 2 is 1.89 bits per heavy atom. The molecule has 1 N–H and O–H groups in total. The summed E-state index contributed by atoms with van der Waals surface area (Å²) in [5, 5.41) is 2.99. The minimum Gasteiger partial charge on any atom is -0.494 e. The predicted molar refractivity (Wildman–Crippen MR) is 103 cm³/mol. The molecule has 1 aliphatic heterocycles. The first kappa shape index (κ1) is 21.7. The molecule has 0 bridgehead atoms. The second-order valence-electron chi connectivity index (χ2n) is 6.77. The highest BCUT2D eigenvalue weighted by molar-refractivity contribution is 7.89. The van der Waals surface area contributed by atoms with Gasteiger partial charge in [0.2, 0.25) is 15.9 Å². The van der Waals surface area contributed by atoms with Crippen molar-refractivity contribution in [2.45, 2.75) is 44.0 Å². The van der Waals surface area contributed by atoms with Gasteiger partial charge in [-0.25, -0.2) is 8.42 Å². The minimum absolute atomic E-state index is 0.00304. The van der Waals surface area contributed by atoms with Crippen LogP contribution in [0.3, 0.4) is 0 Å². The number of hydrogen-bond donors (Lipinski definition) is 1. The van der Waals surface area contributed by atoms with E-state index >= 15 is 0 Å². The zero-order valence-corrected chi connectivity index (χ0v) is 17.1. The van der Waals surface area contributed by atoms with E-state index in [1.807, 2.05) is 13.8 Å². The number of piperidine rings is 1. The van der Waals surface area contributed by atoms with E-state index in [0.717, 1.165) is 6.42 Å². The van der Waals surface area contributed by atoms with Crippen molar-refractivity contribution in [3.05, 3.63) is 24.3 Å². The topological polar surface area (TPSA) is 84.9 Å². The van der Waals surface area contributed by atoms with Crippen molar-refractivity contribution in [3.8, 4) is 5.75 Å². The van der Waals surface area contributed by atoms with Gasteiger partial charge in [-0.2, -0.15) is 4.31 Å². The number of amides is 1. The normalized spacial score (nSPS) is 17.4. The molecule has 0 aromatic heterocycles. The summed E-state index contributed by atoms with van der Waals surface area (Å²) in [6.07, 6.45) is 1.81. The summed E-state index contributed by atoms with van der Waals surface area (Å²) in [7, 11) is -1.91. The van der Waals surface area contributed by atoms with Crippen LogP contribution in [0.5, 0.6) is 5.75 Å². The van der Waals surface area contributed by atoms with Gasteiger partial charge in [0, 0.05) is 38.8 Å². The second kappa shape index (κ2) is 10.1. The number of rotatable bonds is 9. The minimum atomic E-state index is -3.55. The number of sulfonamides is 1. The summed E-state index contributed by atoms with van der Waals surface area (Å²) in [5.74, 6) is 0.493. The fourth-order valence-electron chi connectivity index (χ4n) is 3.11. The molecule has 1 fully saturated rings. The third kappa shape index (κ3) is 5.92. The molecule has 1 aliphatic rings. The van der Waals surface area contributed by atoms with Crippen molar-refractivity contribution in [2.24, 2.45) is 5.92 Å². The highest BCUT2D eigenvalue weighted by atomic mass is 32.2. The first-order chi connectivity index (χ1) is 12.9. The zero-order valence-electron chi connectivity index (χ0n) is 16.3. The SMILES string of the molecule is CCOc1ccc(S(=O)(=O)N2CCC(C(=O)NC(C)CCOC)CC2)cc1. The Kier molecular flexibility index (Phi) is 8.07. The molecule has 1 amide bonds. The Morgan fingerprint density at radius 3 is 2.44 bits per heavy atom. The maximum absolute atomic E-state index is 12.8. The lowest BCUT2D eigenvalue weighted by Gasteiger charge is -2.31. The Bertz CT molecular complexity index is 697. The van der Waals surface area contributed by atoms with Crippen LogP contribution in [0.1, 0.15) is 33.1 Å². The van der Waals surface area contributed by atoms with Crippen LogP contribution in [0.4, 0.5) is 0 Å². The third-order valence-corrected chi connectivity index (χ3v) is 6.65. The molecule has 0 aliphatic carbocycles. The first-order valence-electron chi connectivity index (χ1n) is 9.40. The van der Waals surface area contributed by atoms with Gasteiger partial charge in [0.25, 0.3) is 0 Å². The highest BCUT2D eigenvalue weighted by Crippen LogP contribution is 2.25. The second-order valence-corrected chi connectivity index (χ2v) is 8.71. The monoisotopic (exact) mass is 398 g/mol. The lowest BCUT2D eigenvalue weighted by molar-refractivity contribution is -0.126. The lowest BCUT2D eigenvalue weighted by atomic mass is 9.97. The molecular formula is C19H30N2O5S. The number of methoxy groups -OCH3 is 1. The summed E-state index contributed by atoms with van der Waals surface area (Å²) < 4.78 is 37.4. The van der Waals surface area contributed by atoms with Gasteiger partial charge >= 0.3 is 0 Å². The number of nitrogens with zero attached hydrogens (tertiary/aromatic N) is 1. The summed E-state index contributed by atoms with van der Waals surface area (Å²) in [6, 6.07) is 6.51. The molecule has 1 saturated heterocycles. The average molecular weight is 399 g/mol. The van der Waals surface area contributed by atoms with Crippen LogP contribution < -0.4 is 10.1 Å². The van der Waals surface area contributed by atoms with Crippen LogP contribution in [-0.4, -0.2) is 58.1 Å². The Morgan fingerprint density at radius 1 is 1.26 bits per heavy atom. The zero-order chi connectivity index (χ0) is 19.9. The van der Waals surface area contributed by atoms with Crippen LogP contribution in [0.25, 0.3) is 0 Å². The maximum atomic E-state index is 12.8. The van der Waals surface area contributed by atoms with Crippen LogP contribution in [-0.2, 0) is 19.6 Å². The molecule has 0 saturated carbocycles. The number of benzene rings is 1. The van der Waals surface area contributed by atoms with Gasteiger partial charge in [-0.05, 0) is 57.4 Å². The predicted octanol–water partition coefficient (Wildman–Crippen LogP) is 2.03. The molecular weight excluding hydrogens is 368 g/mol. The van der Waals surface area contributed by atoms with Crippen LogP contribution >= 0.6 is 0 Å². The first-order valence-corrected chi connectivity index (χ1v) is 10.8.